The molecule has 9 nitrogen and oxygen atoms in total. The van der Waals surface area contributed by atoms with Crippen LogP contribution in [0.4, 0.5) is 5.69 Å². The molecule has 0 aliphatic rings. The van der Waals surface area contributed by atoms with Crippen LogP contribution in [0.1, 0.15) is 48.6 Å². The predicted octanol–water partition coefficient (Wildman–Crippen LogP) is 5.66. The van der Waals surface area contributed by atoms with Crippen molar-refractivity contribution in [1.82, 2.24) is 0 Å². The number of carboxylic acids is 2. The molecule has 0 saturated carbocycles. The van der Waals surface area contributed by atoms with Crippen molar-refractivity contribution >= 4 is 34.3 Å². The van der Waals surface area contributed by atoms with E-state index in [4.69, 9.17) is 9.47 Å². The average Bonchev–Trinajstić information content (AvgIpc) is 2.90. The zero-order chi connectivity index (χ0) is 28.1. The minimum Gasteiger partial charge on any atom is -0.506 e. The Morgan fingerprint density at radius 1 is 0.769 bits per heavy atom. The summed E-state index contributed by atoms with van der Waals surface area (Å²) in [4.78, 5) is 36.0. The fourth-order valence-corrected chi connectivity index (χ4v) is 4.15. The third kappa shape index (κ3) is 6.27. The van der Waals surface area contributed by atoms with Crippen LogP contribution >= 0.6 is 0 Å². The Hall–Kier alpha value is -5.05. The highest BCUT2D eigenvalue weighted by Gasteiger charge is 2.20. The summed E-state index contributed by atoms with van der Waals surface area (Å²) in [6, 6.07) is 17.5. The van der Waals surface area contributed by atoms with Crippen LogP contribution in [0.5, 0.6) is 17.2 Å². The summed E-state index contributed by atoms with van der Waals surface area (Å²) in [6.45, 7) is 4.69. The number of phenolic OH excluding ortho intramolecular Hbond substituents is 1. The number of carboxylic acid groups (broad SMARTS) is 2. The molecule has 0 aliphatic heterocycles. The van der Waals surface area contributed by atoms with E-state index < -0.39 is 17.8 Å². The molecule has 1 amide bonds. The minimum absolute atomic E-state index is 0.0455. The maximum absolute atomic E-state index is 13.1. The van der Waals surface area contributed by atoms with Gasteiger partial charge in [0.25, 0.3) is 5.91 Å². The highest BCUT2D eigenvalue weighted by atomic mass is 16.5. The van der Waals surface area contributed by atoms with Gasteiger partial charge in [-0.15, -0.1) is 0 Å². The molecule has 4 rings (SSSR count). The van der Waals surface area contributed by atoms with Crippen LogP contribution in [0.15, 0.2) is 66.7 Å². The minimum atomic E-state index is -1.35. The van der Waals surface area contributed by atoms with Crippen LogP contribution in [0.2, 0.25) is 0 Å². The summed E-state index contributed by atoms with van der Waals surface area (Å²) in [7, 11) is 0. The number of aromatic hydroxyl groups is 1. The number of hydrogen-bond donors (Lipinski definition) is 4. The lowest BCUT2D eigenvalue weighted by molar-refractivity contribution is 0.0696. The molecule has 0 unspecified atom stereocenters. The van der Waals surface area contributed by atoms with Crippen molar-refractivity contribution in [2.45, 2.75) is 20.3 Å². The molecule has 0 heterocycles. The molecule has 0 saturated heterocycles. The molecule has 0 atom stereocenters. The normalized spacial score (nSPS) is 10.7. The summed E-state index contributed by atoms with van der Waals surface area (Å²) in [5, 5.41) is 32.9. The van der Waals surface area contributed by atoms with Crippen molar-refractivity contribution < 1.29 is 39.2 Å². The van der Waals surface area contributed by atoms with E-state index in [2.05, 4.69) is 5.32 Å². The van der Waals surface area contributed by atoms with Crippen molar-refractivity contribution in [1.29, 1.82) is 0 Å². The summed E-state index contributed by atoms with van der Waals surface area (Å²) in [6.07, 6.45) is 0.560. The van der Waals surface area contributed by atoms with Gasteiger partial charge >= 0.3 is 11.9 Å². The Kier molecular flexibility index (Phi) is 8.00. The number of carbonyl (C=O) groups is 3. The van der Waals surface area contributed by atoms with Gasteiger partial charge in [-0.25, -0.2) is 9.59 Å². The highest BCUT2D eigenvalue weighted by molar-refractivity contribution is 6.11. The number of rotatable bonds is 10. The van der Waals surface area contributed by atoms with E-state index >= 15 is 0 Å². The number of aryl methyl sites for hydroxylation is 2. The number of fused-ring (bicyclic) bond motifs is 1. The largest absolute Gasteiger partial charge is 0.506 e. The van der Waals surface area contributed by atoms with Crippen LogP contribution < -0.4 is 14.8 Å². The van der Waals surface area contributed by atoms with Crippen molar-refractivity contribution in [2.24, 2.45) is 0 Å². The SMILES string of the molecule is Cc1ccc(OCCCOc2cc(C(=O)Nc3cc(C(=O)O)cc(C(=O)O)c3)c(O)c3ccccc23)c(C)c1. The lowest BCUT2D eigenvalue weighted by Gasteiger charge is -2.15. The molecule has 0 aromatic heterocycles. The zero-order valence-electron chi connectivity index (χ0n) is 21.4. The van der Waals surface area contributed by atoms with E-state index in [1.807, 2.05) is 32.0 Å². The number of ether oxygens (including phenoxy) is 2. The Bertz CT molecular complexity index is 1550. The lowest BCUT2D eigenvalue weighted by atomic mass is 10.0. The monoisotopic (exact) mass is 529 g/mol. The molecule has 0 bridgehead atoms. The topological polar surface area (TPSA) is 142 Å². The van der Waals surface area contributed by atoms with Gasteiger partial charge < -0.3 is 30.1 Å². The first-order valence-corrected chi connectivity index (χ1v) is 12.1. The first-order valence-electron chi connectivity index (χ1n) is 12.1. The van der Waals surface area contributed by atoms with Gasteiger partial charge in [0.05, 0.1) is 29.9 Å². The molecule has 9 heteroatoms. The third-order valence-corrected chi connectivity index (χ3v) is 6.04. The van der Waals surface area contributed by atoms with Crippen LogP contribution in [-0.4, -0.2) is 46.4 Å². The second-order valence-corrected chi connectivity index (χ2v) is 9.00. The molecule has 0 aliphatic carbocycles. The van der Waals surface area contributed by atoms with E-state index in [0.29, 0.717) is 29.5 Å². The van der Waals surface area contributed by atoms with E-state index in [1.165, 1.54) is 6.07 Å². The molecule has 4 N–H and O–H groups in total. The van der Waals surface area contributed by atoms with Gasteiger partial charge in [0.2, 0.25) is 0 Å². The number of amides is 1. The number of nitrogens with one attached hydrogen (secondary N) is 1. The predicted molar refractivity (Wildman–Crippen MR) is 145 cm³/mol. The number of benzene rings is 4. The van der Waals surface area contributed by atoms with Crippen molar-refractivity contribution in [2.75, 3.05) is 18.5 Å². The fraction of sp³-hybridized carbons (Fsp3) is 0.167. The summed E-state index contributed by atoms with van der Waals surface area (Å²) >= 11 is 0. The van der Waals surface area contributed by atoms with Crippen LogP contribution in [0, 0.1) is 13.8 Å². The van der Waals surface area contributed by atoms with Gasteiger partial charge in [-0.05, 0) is 49.7 Å². The Morgan fingerprint density at radius 2 is 1.38 bits per heavy atom. The number of hydrogen-bond acceptors (Lipinski definition) is 6. The first-order chi connectivity index (χ1) is 18.6. The van der Waals surface area contributed by atoms with E-state index in [-0.39, 0.29) is 34.7 Å². The second-order valence-electron chi connectivity index (χ2n) is 9.00. The molecule has 200 valence electrons. The number of aromatic carboxylic acids is 2. The fourth-order valence-electron chi connectivity index (χ4n) is 4.15. The van der Waals surface area contributed by atoms with Gasteiger partial charge in [-0.3, -0.25) is 4.79 Å². The summed E-state index contributed by atoms with van der Waals surface area (Å²) in [5.74, 6) is -2.58. The first kappa shape index (κ1) is 27.0. The zero-order valence-corrected chi connectivity index (χ0v) is 21.4. The molecule has 39 heavy (non-hydrogen) atoms. The quantitative estimate of drug-likeness (QED) is 0.193. The summed E-state index contributed by atoms with van der Waals surface area (Å²) < 4.78 is 11.8. The number of carbonyl (C=O) groups excluding carboxylic acids is 1. The molecule has 4 aromatic carbocycles. The van der Waals surface area contributed by atoms with Gasteiger partial charge in [-0.2, -0.15) is 0 Å². The standard InChI is InChI=1S/C30H27NO8/c1-17-8-9-25(18(2)12-17)38-10-5-11-39-26-16-24(27(32)23-7-4-3-6-22(23)26)28(33)31-21-14-19(29(34)35)13-20(15-21)30(36)37/h3-4,6-9,12-16,32H,5,10-11H2,1-2H3,(H,31,33)(H,34,35)(H,36,37). The van der Waals surface area contributed by atoms with E-state index in [0.717, 1.165) is 35.1 Å². The molecular weight excluding hydrogens is 502 g/mol. The van der Waals surface area contributed by atoms with Crippen LogP contribution in [0.3, 0.4) is 0 Å². The highest BCUT2D eigenvalue weighted by Crippen LogP contribution is 2.36. The molecular formula is C30H27NO8. The van der Waals surface area contributed by atoms with E-state index in [1.54, 1.807) is 24.3 Å². The molecule has 0 spiro atoms. The van der Waals surface area contributed by atoms with Crippen LogP contribution in [-0.2, 0) is 0 Å². The van der Waals surface area contributed by atoms with Gasteiger partial charge in [0, 0.05) is 22.9 Å². The van der Waals surface area contributed by atoms with Gasteiger partial charge in [0.1, 0.15) is 17.2 Å². The van der Waals surface area contributed by atoms with Crippen molar-refractivity contribution in [3.05, 3.63) is 94.5 Å². The summed E-state index contributed by atoms with van der Waals surface area (Å²) in [5.41, 5.74) is 1.42. The molecule has 0 fully saturated rings. The maximum Gasteiger partial charge on any atom is 0.335 e. The third-order valence-electron chi connectivity index (χ3n) is 6.04. The van der Waals surface area contributed by atoms with Crippen molar-refractivity contribution in [3.8, 4) is 17.2 Å². The van der Waals surface area contributed by atoms with E-state index in [9.17, 15) is 29.7 Å². The second kappa shape index (κ2) is 11.6. The Labute approximate surface area is 224 Å². The average molecular weight is 530 g/mol. The lowest BCUT2D eigenvalue weighted by Crippen LogP contribution is -2.14. The smallest absolute Gasteiger partial charge is 0.335 e. The van der Waals surface area contributed by atoms with Crippen LogP contribution in [0.25, 0.3) is 10.8 Å². The van der Waals surface area contributed by atoms with Gasteiger partial charge in [-0.1, -0.05) is 42.0 Å². The molecule has 4 aromatic rings. The maximum atomic E-state index is 13.1. The number of anilines is 1. The Balaban J connectivity index is 1.53. The number of phenols is 1. The van der Waals surface area contributed by atoms with Gasteiger partial charge in [0.15, 0.2) is 0 Å². The molecule has 0 radical (unpaired) electrons. The van der Waals surface area contributed by atoms with Crippen molar-refractivity contribution in [3.63, 3.8) is 0 Å². The Morgan fingerprint density at radius 3 is 2.00 bits per heavy atom.